The van der Waals surface area contributed by atoms with Crippen LogP contribution in [0.1, 0.15) is 42.5 Å². The zero-order chi connectivity index (χ0) is 26.2. The standard InChI is InChI=1S/C28H30FN5O3S/c29-21-17-31-22-4-5-24(36)34(13-14-35)25(22)20(21)6-7-28-10-8-27(9-11-28,18-37-28)33-16-19-15-32-26(38-19)23-3-1-2-12-30-23/h1-5,12,15,17,33,35H,6-11,13-14,16,18H2. The molecule has 10 heteroatoms. The predicted octanol–water partition coefficient (Wildman–Crippen LogP) is 3.85. The van der Waals surface area contributed by atoms with Gasteiger partial charge in [-0.15, -0.1) is 11.3 Å². The van der Waals surface area contributed by atoms with Crippen molar-refractivity contribution >= 4 is 22.4 Å². The van der Waals surface area contributed by atoms with Gasteiger partial charge >= 0.3 is 0 Å². The van der Waals surface area contributed by atoms with E-state index in [0.29, 0.717) is 36.0 Å². The summed E-state index contributed by atoms with van der Waals surface area (Å²) in [6, 6.07) is 8.86. The number of aliphatic hydroxyl groups excluding tert-OH is 1. The normalized spacial score (nSPS) is 22.8. The Balaban J connectivity index is 1.12. The van der Waals surface area contributed by atoms with Crippen molar-refractivity contribution in [3.05, 3.63) is 75.5 Å². The molecular formula is C28H30FN5O3S. The Morgan fingerprint density at radius 1 is 1.11 bits per heavy atom. The summed E-state index contributed by atoms with van der Waals surface area (Å²) in [5, 5.41) is 14.1. The zero-order valence-electron chi connectivity index (χ0n) is 21.0. The molecule has 2 aliphatic heterocycles. The number of aromatic nitrogens is 4. The second-order valence-corrected chi connectivity index (χ2v) is 11.4. The van der Waals surface area contributed by atoms with Gasteiger partial charge in [0.15, 0.2) is 0 Å². The first-order chi connectivity index (χ1) is 18.5. The average molecular weight is 536 g/mol. The fraction of sp³-hybridized carbons (Fsp3) is 0.429. The van der Waals surface area contributed by atoms with Crippen LogP contribution in [0.15, 0.2) is 53.7 Å². The lowest BCUT2D eigenvalue weighted by Gasteiger charge is -2.53. The highest BCUT2D eigenvalue weighted by Crippen LogP contribution is 2.46. The molecular weight excluding hydrogens is 505 g/mol. The molecule has 0 amide bonds. The Morgan fingerprint density at radius 2 is 1.97 bits per heavy atom. The Kier molecular flexibility index (Phi) is 6.81. The highest BCUT2D eigenvalue weighted by molar-refractivity contribution is 7.14. The third-order valence-corrected chi connectivity index (χ3v) is 9.08. The average Bonchev–Trinajstić information content (AvgIpc) is 3.44. The van der Waals surface area contributed by atoms with Crippen molar-refractivity contribution in [1.82, 2.24) is 24.8 Å². The summed E-state index contributed by atoms with van der Waals surface area (Å²) in [4.78, 5) is 26.7. The molecule has 8 nitrogen and oxygen atoms in total. The number of aliphatic hydroxyl groups is 1. The molecule has 0 unspecified atom stereocenters. The molecule has 0 aromatic carbocycles. The van der Waals surface area contributed by atoms with Crippen molar-refractivity contribution in [2.45, 2.75) is 62.8 Å². The fourth-order valence-corrected chi connectivity index (χ4v) is 6.63. The number of aryl methyl sites for hydroxylation is 1. The Labute approximate surface area is 223 Å². The van der Waals surface area contributed by atoms with Crippen LogP contribution in [0.4, 0.5) is 4.39 Å². The first-order valence-electron chi connectivity index (χ1n) is 13.0. The Morgan fingerprint density at radius 3 is 2.71 bits per heavy atom. The molecule has 2 saturated heterocycles. The second kappa shape index (κ2) is 10.3. The number of hydrogen-bond donors (Lipinski definition) is 2. The van der Waals surface area contributed by atoms with Gasteiger partial charge in [-0.25, -0.2) is 9.37 Å². The summed E-state index contributed by atoms with van der Waals surface area (Å²) in [7, 11) is 0. The minimum atomic E-state index is -0.427. The van der Waals surface area contributed by atoms with Crippen LogP contribution < -0.4 is 10.9 Å². The lowest BCUT2D eigenvalue weighted by Crippen LogP contribution is -2.61. The van der Waals surface area contributed by atoms with Crippen LogP contribution in [0.5, 0.6) is 0 Å². The summed E-state index contributed by atoms with van der Waals surface area (Å²) >= 11 is 1.65. The van der Waals surface area contributed by atoms with Crippen molar-refractivity contribution in [2.75, 3.05) is 13.2 Å². The van der Waals surface area contributed by atoms with Gasteiger partial charge in [0.25, 0.3) is 5.56 Å². The van der Waals surface area contributed by atoms with E-state index in [0.717, 1.165) is 47.8 Å². The topological polar surface area (TPSA) is 102 Å². The smallest absolute Gasteiger partial charge is 0.251 e. The first kappa shape index (κ1) is 25.2. The van der Waals surface area contributed by atoms with Crippen LogP contribution in [-0.2, 0) is 24.2 Å². The summed E-state index contributed by atoms with van der Waals surface area (Å²) < 4.78 is 22.9. The van der Waals surface area contributed by atoms with E-state index in [1.54, 1.807) is 23.6 Å². The fourth-order valence-electron chi connectivity index (χ4n) is 5.80. The van der Waals surface area contributed by atoms with Gasteiger partial charge < -0.3 is 19.7 Å². The van der Waals surface area contributed by atoms with Crippen LogP contribution in [-0.4, -0.2) is 49.0 Å². The summed E-state index contributed by atoms with van der Waals surface area (Å²) in [6.07, 6.45) is 9.81. The molecule has 4 aromatic rings. The number of hydrogen-bond acceptors (Lipinski definition) is 8. The lowest BCUT2D eigenvalue weighted by atomic mass is 9.69. The van der Waals surface area contributed by atoms with E-state index in [1.165, 1.54) is 16.8 Å². The molecule has 3 aliphatic rings. The molecule has 6 heterocycles. The molecule has 4 aromatic heterocycles. The summed E-state index contributed by atoms with van der Waals surface area (Å²) in [5.41, 5.74) is 1.75. The van der Waals surface area contributed by atoms with Crippen molar-refractivity contribution in [2.24, 2.45) is 0 Å². The third kappa shape index (κ3) is 4.77. The number of nitrogens with zero attached hydrogens (tertiary/aromatic N) is 4. The minimum absolute atomic E-state index is 0.0624. The maximum atomic E-state index is 15.0. The maximum absolute atomic E-state index is 15.0. The molecule has 2 bridgehead atoms. The van der Waals surface area contributed by atoms with Crippen LogP contribution in [0.25, 0.3) is 21.7 Å². The van der Waals surface area contributed by atoms with Crippen molar-refractivity contribution in [3.63, 3.8) is 0 Å². The molecule has 2 N–H and O–H groups in total. The van der Waals surface area contributed by atoms with Crippen LogP contribution in [0, 0.1) is 5.82 Å². The van der Waals surface area contributed by atoms with Gasteiger partial charge in [0, 0.05) is 47.5 Å². The lowest BCUT2D eigenvalue weighted by molar-refractivity contribution is -0.165. The van der Waals surface area contributed by atoms with Crippen molar-refractivity contribution < 1.29 is 14.2 Å². The monoisotopic (exact) mass is 535 g/mol. The van der Waals surface area contributed by atoms with E-state index >= 15 is 0 Å². The van der Waals surface area contributed by atoms with E-state index in [2.05, 4.69) is 20.3 Å². The van der Waals surface area contributed by atoms with Gasteiger partial charge in [-0.3, -0.25) is 14.8 Å². The third-order valence-electron chi connectivity index (χ3n) is 8.06. The highest BCUT2D eigenvalue weighted by atomic mass is 32.1. The predicted molar refractivity (Wildman–Crippen MR) is 143 cm³/mol. The van der Waals surface area contributed by atoms with Gasteiger partial charge in [0.1, 0.15) is 10.8 Å². The number of pyridine rings is 3. The molecule has 1 saturated carbocycles. The molecule has 7 rings (SSSR count). The van der Waals surface area contributed by atoms with Gasteiger partial charge in [-0.2, -0.15) is 0 Å². The maximum Gasteiger partial charge on any atom is 0.251 e. The molecule has 1 aliphatic carbocycles. The molecule has 0 radical (unpaired) electrons. The number of ether oxygens (including phenoxy) is 1. The van der Waals surface area contributed by atoms with Gasteiger partial charge in [0.05, 0.1) is 41.7 Å². The molecule has 0 atom stereocenters. The van der Waals surface area contributed by atoms with Gasteiger partial charge in [-0.05, 0) is 56.7 Å². The number of nitrogens with one attached hydrogen (secondary N) is 1. The zero-order valence-corrected chi connectivity index (χ0v) is 21.8. The van der Waals surface area contributed by atoms with Crippen LogP contribution in [0.3, 0.4) is 0 Å². The quantitative estimate of drug-likeness (QED) is 0.336. The van der Waals surface area contributed by atoms with Crippen LogP contribution >= 0.6 is 11.3 Å². The number of rotatable bonds is 9. The minimum Gasteiger partial charge on any atom is -0.395 e. The number of halogens is 1. The molecule has 0 spiro atoms. The van der Waals surface area contributed by atoms with Crippen molar-refractivity contribution in [1.29, 1.82) is 0 Å². The van der Waals surface area contributed by atoms with Gasteiger partial charge in [0.2, 0.25) is 0 Å². The Hall–Kier alpha value is -3.05. The SMILES string of the molecule is O=c1ccc2ncc(F)c(CCC34CCC(NCc5cnc(-c6ccccn6)s5)(CC3)CO4)c2n1CCO. The highest BCUT2D eigenvalue weighted by Gasteiger charge is 2.49. The summed E-state index contributed by atoms with van der Waals surface area (Å²) in [6.45, 7) is 1.25. The van der Waals surface area contributed by atoms with Gasteiger partial charge in [-0.1, -0.05) is 6.07 Å². The largest absolute Gasteiger partial charge is 0.395 e. The Bertz CT molecular complexity index is 1480. The van der Waals surface area contributed by atoms with E-state index in [4.69, 9.17) is 4.74 Å². The number of fused-ring (bicyclic) bond motifs is 4. The van der Waals surface area contributed by atoms with E-state index in [1.807, 2.05) is 24.4 Å². The van der Waals surface area contributed by atoms with Crippen molar-refractivity contribution in [3.8, 4) is 10.7 Å². The molecule has 38 heavy (non-hydrogen) atoms. The van der Waals surface area contributed by atoms with E-state index < -0.39 is 5.82 Å². The molecule has 198 valence electrons. The summed E-state index contributed by atoms with van der Waals surface area (Å²) in [5.74, 6) is -0.427. The van der Waals surface area contributed by atoms with E-state index in [-0.39, 0.29) is 29.9 Å². The van der Waals surface area contributed by atoms with Crippen LogP contribution in [0.2, 0.25) is 0 Å². The van der Waals surface area contributed by atoms with E-state index in [9.17, 15) is 14.3 Å². The first-order valence-corrected chi connectivity index (χ1v) is 13.8. The second-order valence-electron chi connectivity index (χ2n) is 10.3. The number of thiazole rings is 1. The molecule has 3 fully saturated rings.